The molecule has 1 aromatic rings. The zero-order valence-corrected chi connectivity index (χ0v) is 7.70. The highest BCUT2D eigenvalue weighted by molar-refractivity contribution is 5.38. The van der Waals surface area contributed by atoms with Gasteiger partial charge in [-0.3, -0.25) is 0 Å². The summed E-state index contributed by atoms with van der Waals surface area (Å²) in [5, 5.41) is 0. The molecule has 1 aliphatic carbocycles. The first-order valence-electron chi connectivity index (χ1n) is 4.53. The lowest BCUT2D eigenvalue weighted by Gasteiger charge is -2.03. The summed E-state index contributed by atoms with van der Waals surface area (Å²) >= 11 is 0. The SMILES string of the molecule is CC1CC1c1ncc(CN)c(N)n1. The van der Waals surface area contributed by atoms with Gasteiger partial charge in [-0.25, -0.2) is 9.97 Å². The highest BCUT2D eigenvalue weighted by Gasteiger charge is 2.36. The van der Waals surface area contributed by atoms with E-state index >= 15 is 0 Å². The second-order valence-electron chi connectivity index (χ2n) is 3.66. The number of hydrogen-bond acceptors (Lipinski definition) is 4. The van der Waals surface area contributed by atoms with E-state index in [1.807, 2.05) is 0 Å². The Bertz CT molecular complexity index is 323. The minimum absolute atomic E-state index is 0.409. The summed E-state index contributed by atoms with van der Waals surface area (Å²) < 4.78 is 0. The average molecular weight is 178 g/mol. The Balaban J connectivity index is 2.25. The minimum Gasteiger partial charge on any atom is -0.383 e. The van der Waals surface area contributed by atoms with Crippen molar-refractivity contribution in [2.75, 3.05) is 5.73 Å². The van der Waals surface area contributed by atoms with Crippen LogP contribution in [0.3, 0.4) is 0 Å². The molecule has 1 fully saturated rings. The summed E-state index contributed by atoms with van der Waals surface area (Å²) in [6.07, 6.45) is 2.92. The van der Waals surface area contributed by atoms with Crippen molar-refractivity contribution in [3.8, 4) is 0 Å². The molecule has 0 spiro atoms. The Morgan fingerprint density at radius 1 is 1.62 bits per heavy atom. The lowest BCUT2D eigenvalue weighted by Crippen LogP contribution is -2.07. The first kappa shape index (κ1) is 8.44. The maximum atomic E-state index is 5.71. The summed E-state index contributed by atoms with van der Waals surface area (Å²) in [4.78, 5) is 8.49. The van der Waals surface area contributed by atoms with Gasteiger partial charge in [0.05, 0.1) is 0 Å². The lowest BCUT2D eigenvalue weighted by molar-refractivity contribution is 0.835. The summed E-state index contributed by atoms with van der Waals surface area (Å²) in [5.74, 6) is 2.64. The molecule has 0 saturated heterocycles. The molecule has 2 atom stereocenters. The van der Waals surface area contributed by atoms with E-state index in [1.165, 1.54) is 6.42 Å². The minimum atomic E-state index is 0.409. The number of aromatic nitrogens is 2. The van der Waals surface area contributed by atoms with Gasteiger partial charge >= 0.3 is 0 Å². The molecule has 2 rings (SSSR count). The molecular weight excluding hydrogens is 164 g/mol. The Hall–Kier alpha value is -1.16. The highest BCUT2D eigenvalue weighted by atomic mass is 15.0. The smallest absolute Gasteiger partial charge is 0.134 e. The van der Waals surface area contributed by atoms with Crippen molar-refractivity contribution in [1.29, 1.82) is 0 Å². The van der Waals surface area contributed by atoms with Crippen molar-refractivity contribution in [3.63, 3.8) is 0 Å². The Morgan fingerprint density at radius 3 is 2.77 bits per heavy atom. The van der Waals surface area contributed by atoms with Gasteiger partial charge in [0.25, 0.3) is 0 Å². The third-order valence-corrected chi connectivity index (χ3v) is 2.58. The molecular formula is C9H14N4. The molecule has 0 amide bonds. The van der Waals surface area contributed by atoms with Gasteiger partial charge in [0.1, 0.15) is 11.6 Å². The van der Waals surface area contributed by atoms with Crippen LogP contribution in [0.5, 0.6) is 0 Å². The summed E-state index contributed by atoms with van der Waals surface area (Å²) in [5.41, 5.74) is 12.0. The third kappa shape index (κ3) is 1.49. The molecule has 0 radical (unpaired) electrons. The Labute approximate surface area is 77.4 Å². The van der Waals surface area contributed by atoms with Crippen LogP contribution in [-0.2, 0) is 6.54 Å². The first-order valence-corrected chi connectivity index (χ1v) is 4.53. The fraction of sp³-hybridized carbons (Fsp3) is 0.556. The molecule has 1 saturated carbocycles. The number of rotatable bonds is 2. The molecule has 1 heterocycles. The van der Waals surface area contributed by atoms with Gasteiger partial charge in [0.15, 0.2) is 0 Å². The second kappa shape index (κ2) is 2.96. The number of hydrogen-bond donors (Lipinski definition) is 2. The summed E-state index contributed by atoms with van der Waals surface area (Å²) in [6, 6.07) is 0. The van der Waals surface area contributed by atoms with Crippen molar-refractivity contribution in [2.45, 2.75) is 25.8 Å². The number of nitrogen functional groups attached to an aromatic ring is 1. The van der Waals surface area contributed by atoms with Crippen molar-refractivity contribution in [2.24, 2.45) is 11.7 Å². The zero-order chi connectivity index (χ0) is 9.42. The largest absolute Gasteiger partial charge is 0.383 e. The number of nitrogens with zero attached hydrogens (tertiary/aromatic N) is 2. The van der Waals surface area contributed by atoms with Crippen LogP contribution in [0, 0.1) is 5.92 Å². The van der Waals surface area contributed by atoms with Crippen LogP contribution in [0.2, 0.25) is 0 Å². The molecule has 1 aromatic heterocycles. The van der Waals surface area contributed by atoms with Crippen LogP contribution in [-0.4, -0.2) is 9.97 Å². The van der Waals surface area contributed by atoms with E-state index in [9.17, 15) is 0 Å². The van der Waals surface area contributed by atoms with Crippen LogP contribution in [0.1, 0.15) is 30.7 Å². The molecule has 1 aliphatic rings. The van der Waals surface area contributed by atoms with Crippen LogP contribution in [0.25, 0.3) is 0 Å². The van der Waals surface area contributed by atoms with Gasteiger partial charge in [-0.15, -0.1) is 0 Å². The van der Waals surface area contributed by atoms with E-state index < -0.39 is 0 Å². The monoisotopic (exact) mass is 178 g/mol. The van der Waals surface area contributed by atoms with Gasteiger partial charge in [-0.1, -0.05) is 6.92 Å². The van der Waals surface area contributed by atoms with Crippen molar-refractivity contribution in [3.05, 3.63) is 17.6 Å². The number of nitrogens with two attached hydrogens (primary N) is 2. The lowest BCUT2D eigenvalue weighted by atomic mass is 10.3. The van der Waals surface area contributed by atoms with Crippen LogP contribution in [0.15, 0.2) is 6.20 Å². The molecule has 0 aliphatic heterocycles. The molecule has 4 heteroatoms. The summed E-state index contributed by atoms with van der Waals surface area (Å²) in [7, 11) is 0. The highest BCUT2D eigenvalue weighted by Crippen LogP contribution is 2.45. The second-order valence-corrected chi connectivity index (χ2v) is 3.66. The maximum absolute atomic E-state index is 5.71. The molecule has 70 valence electrons. The first-order chi connectivity index (χ1) is 6.22. The van der Waals surface area contributed by atoms with Gasteiger partial charge < -0.3 is 11.5 Å². The topological polar surface area (TPSA) is 77.8 Å². The van der Waals surface area contributed by atoms with Gasteiger partial charge in [0.2, 0.25) is 0 Å². The number of anilines is 1. The molecule has 13 heavy (non-hydrogen) atoms. The van der Waals surface area contributed by atoms with E-state index in [0.717, 1.165) is 11.4 Å². The van der Waals surface area contributed by atoms with Crippen LogP contribution < -0.4 is 11.5 Å². The van der Waals surface area contributed by atoms with E-state index in [0.29, 0.717) is 24.2 Å². The Kier molecular flexibility index (Phi) is 1.92. The normalized spacial score (nSPS) is 26.0. The van der Waals surface area contributed by atoms with E-state index in [1.54, 1.807) is 6.20 Å². The third-order valence-electron chi connectivity index (χ3n) is 2.58. The fourth-order valence-corrected chi connectivity index (χ4v) is 1.45. The van der Waals surface area contributed by atoms with Gasteiger partial charge in [-0.2, -0.15) is 0 Å². The molecule has 4 N–H and O–H groups in total. The van der Waals surface area contributed by atoms with Crippen molar-refractivity contribution < 1.29 is 0 Å². The van der Waals surface area contributed by atoms with E-state index in [-0.39, 0.29) is 0 Å². The van der Waals surface area contributed by atoms with Gasteiger partial charge in [0, 0.05) is 24.2 Å². The zero-order valence-electron chi connectivity index (χ0n) is 7.70. The van der Waals surface area contributed by atoms with Gasteiger partial charge in [-0.05, 0) is 12.3 Å². The fourth-order valence-electron chi connectivity index (χ4n) is 1.45. The molecule has 2 unspecified atom stereocenters. The average Bonchev–Trinajstić information content (AvgIpc) is 2.82. The molecule has 0 aromatic carbocycles. The summed E-state index contributed by atoms with van der Waals surface area (Å²) in [6.45, 7) is 2.60. The quantitative estimate of drug-likeness (QED) is 0.696. The van der Waals surface area contributed by atoms with Crippen molar-refractivity contribution >= 4 is 5.82 Å². The molecule has 4 nitrogen and oxygen atoms in total. The standard InChI is InChI=1S/C9H14N4/c1-5-2-7(5)9-12-4-6(3-10)8(11)13-9/h4-5,7H,2-3,10H2,1H3,(H2,11,12,13). The molecule has 0 bridgehead atoms. The Morgan fingerprint density at radius 2 is 2.31 bits per heavy atom. The maximum Gasteiger partial charge on any atom is 0.134 e. The van der Waals surface area contributed by atoms with Crippen molar-refractivity contribution in [1.82, 2.24) is 9.97 Å². The van der Waals surface area contributed by atoms with E-state index in [2.05, 4.69) is 16.9 Å². The van der Waals surface area contributed by atoms with E-state index in [4.69, 9.17) is 11.5 Å². The van der Waals surface area contributed by atoms with Crippen LogP contribution >= 0.6 is 0 Å². The predicted octanol–water partition coefficient (Wildman–Crippen LogP) is 0.641. The predicted molar refractivity (Wildman–Crippen MR) is 50.9 cm³/mol. The van der Waals surface area contributed by atoms with Crippen LogP contribution in [0.4, 0.5) is 5.82 Å².